The molecule has 1 unspecified atom stereocenters. The average molecular weight is 268 g/mol. The van der Waals surface area contributed by atoms with E-state index in [1.807, 2.05) is 30.3 Å². The number of ether oxygens (including phenoxy) is 1. The molecule has 0 aromatic heterocycles. The van der Waals surface area contributed by atoms with Crippen LogP contribution in [0.1, 0.15) is 32.6 Å². The molecule has 1 saturated heterocycles. The highest BCUT2D eigenvalue weighted by Crippen LogP contribution is 2.29. The normalized spacial score (nSPS) is 20.3. The first-order valence-corrected chi connectivity index (χ1v) is 7.24. The Morgan fingerprint density at radius 3 is 2.44 bits per heavy atom. The molecule has 0 radical (unpaired) electrons. The Morgan fingerprint density at radius 1 is 1.17 bits per heavy atom. The molecule has 1 fully saturated rings. The van der Waals surface area contributed by atoms with Crippen LogP contribution in [0.4, 0.5) is 0 Å². The van der Waals surface area contributed by atoms with Gasteiger partial charge < -0.3 is 4.74 Å². The van der Waals surface area contributed by atoms with E-state index >= 15 is 0 Å². The highest BCUT2D eigenvalue weighted by atomic mass is 35.5. The Hall–Kier alpha value is -0.730. The number of likely N-dealkylation sites (tertiary alicyclic amines) is 1. The summed E-state index contributed by atoms with van der Waals surface area (Å²) in [4.78, 5) is 2.03. The Balaban J connectivity index is 1.94. The molecule has 2 rings (SSSR count). The molecule has 1 atom stereocenters. The summed E-state index contributed by atoms with van der Waals surface area (Å²) < 4.78 is 5.84. The summed E-state index contributed by atoms with van der Waals surface area (Å²) in [7, 11) is 0. The third kappa shape index (κ3) is 3.39. The maximum Gasteiger partial charge on any atom is 0.130 e. The van der Waals surface area contributed by atoms with Gasteiger partial charge in [-0.2, -0.15) is 0 Å². The standard InChI is InChI=1S/C15H22ClNO/c1-2-15(16,17-11-7-4-8-12-17)13-18-14-9-5-3-6-10-14/h3,5-6,9-10H,2,4,7-8,11-13H2,1H3. The quantitative estimate of drug-likeness (QED) is 0.593. The number of hydrogen-bond donors (Lipinski definition) is 0. The molecule has 1 aliphatic rings. The largest absolute Gasteiger partial charge is 0.490 e. The molecule has 1 heterocycles. The average Bonchev–Trinajstić information content (AvgIpc) is 2.47. The van der Waals surface area contributed by atoms with Gasteiger partial charge in [-0.1, -0.05) is 43.1 Å². The fraction of sp³-hybridized carbons (Fsp3) is 0.600. The molecule has 0 bridgehead atoms. The third-order valence-corrected chi connectivity index (χ3v) is 4.28. The predicted molar refractivity (Wildman–Crippen MR) is 76.2 cm³/mol. The molecule has 1 aromatic carbocycles. The number of alkyl halides is 1. The number of para-hydroxylation sites is 1. The minimum atomic E-state index is -0.351. The molecule has 0 aliphatic carbocycles. The zero-order chi connectivity index (χ0) is 12.8. The van der Waals surface area contributed by atoms with E-state index in [4.69, 9.17) is 16.3 Å². The lowest BCUT2D eigenvalue weighted by Crippen LogP contribution is -2.50. The maximum atomic E-state index is 6.75. The van der Waals surface area contributed by atoms with Crippen LogP contribution in [0.15, 0.2) is 30.3 Å². The highest BCUT2D eigenvalue weighted by molar-refractivity contribution is 6.23. The first-order valence-electron chi connectivity index (χ1n) is 6.86. The van der Waals surface area contributed by atoms with Crippen LogP contribution >= 0.6 is 11.6 Å². The van der Waals surface area contributed by atoms with Crippen molar-refractivity contribution < 1.29 is 4.74 Å². The number of halogens is 1. The Kier molecular flexibility index (Phi) is 4.90. The van der Waals surface area contributed by atoms with Gasteiger partial charge in [-0.25, -0.2) is 0 Å². The molecule has 3 heteroatoms. The summed E-state index contributed by atoms with van der Waals surface area (Å²) in [6.45, 7) is 4.87. The van der Waals surface area contributed by atoms with E-state index in [9.17, 15) is 0 Å². The Morgan fingerprint density at radius 2 is 1.83 bits per heavy atom. The highest BCUT2D eigenvalue weighted by Gasteiger charge is 2.34. The van der Waals surface area contributed by atoms with E-state index in [2.05, 4.69) is 11.8 Å². The Labute approximate surface area is 115 Å². The zero-order valence-electron chi connectivity index (χ0n) is 11.1. The van der Waals surface area contributed by atoms with Crippen LogP contribution in [0.2, 0.25) is 0 Å². The molecular weight excluding hydrogens is 246 g/mol. The summed E-state index contributed by atoms with van der Waals surface area (Å²) in [6, 6.07) is 9.91. The van der Waals surface area contributed by atoms with Gasteiger partial charge in [0.05, 0.1) is 0 Å². The lowest BCUT2D eigenvalue weighted by molar-refractivity contribution is 0.0813. The van der Waals surface area contributed by atoms with Gasteiger partial charge >= 0.3 is 0 Å². The van der Waals surface area contributed by atoms with Crippen molar-refractivity contribution in [1.82, 2.24) is 4.90 Å². The summed E-state index contributed by atoms with van der Waals surface area (Å²) in [5.41, 5.74) is 0. The van der Waals surface area contributed by atoms with Crippen molar-refractivity contribution in [3.05, 3.63) is 30.3 Å². The van der Waals surface area contributed by atoms with Crippen LogP contribution < -0.4 is 4.74 Å². The number of benzene rings is 1. The molecule has 0 spiro atoms. The second-order valence-electron chi connectivity index (χ2n) is 4.92. The number of piperidine rings is 1. The van der Waals surface area contributed by atoms with Gasteiger partial charge in [0.25, 0.3) is 0 Å². The van der Waals surface area contributed by atoms with Crippen molar-refractivity contribution >= 4 is 11.6 Å². The Bertz CT molecular complexity index is 351. The van der Waals surface area contributed by atoms with E-state index in [0.29, 0.717) is 6.61 Å². The van der Waals surface area contributed by atoms with Crippen molar-refractivity contribution in [2.45, 2.75) is 37.6 Å². The van der Waals surface area contributed by atoms with Gasteiger partial charge in [0.1, 0.15) is 17.4 Å². The second kappa shape index (κ2) is 6.44. The molecule has 0 amide bonds. The van der Waals surface area contributed by atoms with Crippen molar-refractivity contribution in [1.29, 1.82) is 0 Å². The van der Waals surface area contributed by atoms with E-state index in [1.54, 1.807) is 0 Å². The van der Waals surface area contributed by atoms with Gasteiger partial charge in [-0.15, -0.1) is 0 Å². The minimum Gasteiger partial charge on any atom is -0.490 e. The van der Waals surface area contributed by atoms with Crippen LogP contribution in [0.3, 0.4) is 0 Å². The van der Waals surface area contributed by atoms with Crippen molar-refractivity contribution in [3.63, 3.8) is 0 Å². The van der Waals surface area contributed by atoms with Crippen molar-refractivity contribution in [2.75, 3.05) is 19.7 Å². The van der Waals surface area contributed by atoms with E-state index in [1.165, 1.54) is 19.3 Å². The summed E-state index contributed by atoms with van der Waals surface area (Å²) in [5.74, 6) is 0.896. The molecular formula is C15H22ClNO. The van der Waals surface area contributed by atoms with E-state index in [-0.39, 0.29) is 5.00 Å². The number of hydrogen-bond acceptors (Lipinski definition) is 2. The first-order chi connectivity index (χ1) is 8.74. The van der Waals surface area contributed by atoms with Gasteiger partial charge in [-0.05, 0) is 44.5 Å². The van der Waals surface area contributed by atoms with Crippen molar-refractivity contribution in [2.24, 2.45) is 0 Å². The van der Waals surface area contributed by atoms with Crippen molar-refractivity contribution in [3.8, 4) is 5.75 Å². The van der Waals surface area contributed by atoms with E-state index in [0.717, 1.165) is 25.3 Å². The number of rotatable bonds is 5. The predicted octanol–water partition coefficient (Wildman–Crippen LogP) is 3.90. The summed E-state index contributed by atoms with van der Waals surface area (Å²) in [6.07, 6.45) is 4.73. The molecule has 1 aliphatic heterocycles. The molecule has 100 valence electrons. The van der Waals surface area contributed by atoms with Gasteiger partial charge in [0.15, 0.2) is 0 Å². The number of nitrogens with zero attached hydrogens (tertiary/aromatic N) is 1. The van der Waals surface area contributed by atoms with Gasteiger partial charge in [0.2, 0.25) is 0 Å². The molecule has 2 nitrogen and oxygen atoms in total. The monoisotopic (exact) mass is 267 g/mol. The van der Waals surface area contributed by atoms with Gasteiger partial charge in [-0.3, -0.25) is 4.90 Å². The maximum absolute atomic E-state index is 6.75. The topological polar surface area (TPSA) is 12.5 Å². The van der Waals surface area contributed by atoms with Crippen LogP contribution in [0.5, 0.6) is 5.75 Å². The second-order valence-corrected chi connectivity index (χ2v) is 5.62. The zero-order valence-corrected chi connectivity index (χ0v) is 11.8. The smallest absolute Gasteiger partial charge is 0.130 e. The lowest BCUT2D eigenvalue weighted by Gasteiger charge is -2.40. The van der Waals surface area contributed by atoms with Crippen LogP contribution in [0.25, 0.3) is 0 Å². The summed E-state index contributed by atoms with van der Waals surface area (Å²) >= 11 is 6.75. The summed E-state index contributed by atoms with van der Waals surface area (Å²) in [5, 5.41) is 0. The molecule has 1 aromatic rings. The van der Waals surface area contributed by atoms with Gasteiger partial charge in [0, 0.05) is 0 Å². The molecule has 0 N–H and O–H groups in total. The van der Waals surface area contributed by atoms with Crippen LogP contribution in [-0.4, -0.2) is 29.6 Å². The molecule has 0 saturated carbocycles. The minimum absolute atomic E-state index is 0.351. The lowest BCUT2D eigenvalue weighted by atomic mass is 10.1. The fourth-order valence-electron chi connectivity index (χ4n) is 2.42. The SMILES string of the molecule is CCC(Cl)(COc1ccccc1)N1CCCCC1. The molecule has 18 heavy (non-hydrogen) atoms. The van der Waals surface area contributed by atoms with Crippen LogP contribution in [-0.2, 0) is 0 Å². The fourth-order valence-corrected chi connectivity index (χ4v) is 2.65. The third-order valence-electron chi connectivity index (χ3n) is 3.67. The first kappa shape index (κ1) is 13.7. The van der Waals surface area contributed by atoms with E-state index < -0.39 is 0 Å². The van der Waals surface area contributed by atoms with Crippen LogP contribution in [0, 0.1) is 0 Å².